The van der Waals surface area contributed by atoms with Crippen LogP contribution in [-0.4, -0.2) is 40.1 Å². The van der Waals surface area contributed by atoms with Crippen molar-refractivity contribution in [3.8, 4) is 0 Å². The van der Waals surface area contributed by atoms with Gasteiger partial charge in [0.2, 0.25) is 26.0 Å². The van der Waals surface area contributed by atoms with E-state index >= 15 is 0 Å². The van der Waals surface area contributed by atoms with E-state index in [1.807, 2.05) is 30.3 Å². The number of nitrogens with one attached hydrogen (secondary N) is 1. The Hall–Kier alpha value is -3.05. The number of carbonyl (C=O) groups excluding carboxylic acids is 1. The number of nitrogens with two attached hydrogens (primary N) is 1. The smallest absolute Gasteiger partial charge is 0.243 e. The molecule has 8 nitrogen and oxygen atoms in total. The molecule has 3 aromatic carbocycles. The van der Waals surface area contributed by atoms with Crippen LogP contribution < -0.4 is 10.5 Å². The third-order valence-electron chi connectivity index (χ3n) is 4.94. The van der Waals surface area contributed by atoms with Gasteiger partial charge < -0.3 is 5.32 Å². The van der Waals surface area contributed by atoms with Crippen molar-refractivity contribution >= 4 is 26.0 Å². The van der Waals surface area contributed by atoms with Gasteiger partial charge in [0.15, 0.2) is 0 Å². The van der Waals surface area contributed by atoms with Gasteiger partial charge in [0.1, 0.15) is 0 Å². The van der Waals surface area contributed by atoms with E-state index in [1.54, 1.807) is 18.2 Å². The van der Waals surface area contributed by atoms with Crippen LogP contribution in [0.1, 0.15) is 11.1 Å². The number of carbonyl (C=O) groups is 1. The van der Waals surface area contributed by atoms with Gasteiger partial charge in [-0.15, -0.1) is 0 Å². The summed E-state index contributed by atoms with van der Waals surface area (Å²) in [6.07, 6.45) is 0.454. The predicted octanol–water partition coefficient (Wildman–Crippen LogP) is 1.88. The lowest BCUT2D eigenvalue weighted by Gasteiger charge is -2.22. The van der Waals surface area contributed by atoms with Gasteiger partial charge in [-0.25, -0.2) is 22.0 Å². The Morgan fingerprint density at radius 3 is 1.91 bits per heavy atom. The number of primary sulfonamides is 1. The molecule has 0 aliphatic carbocycles. The molecule has 0 saturated carbocycles. The molecule has 33 heavy (non-hydrogen) atoms. The van der Waals surface area contributed by atoms with Gasteiger partial charge in [-0.05, 0) is 41.8 Å². The summed E-state index contributed by atoms with van der Waals surface area (Å²) >= 11 is 0. The minimum atomic E-state index is -3.88. The molecule has 174 valence electrons. The average Bonchev–Trinajstić information content (AvgIpc) is 2.81. The van der Waals surface area contributed by atoms with Crippen molar-refractivity contribution in [2.24, 2.45) is 5.14 Å². The van der Waals surface area contributed by atoms with Crippen LogP contribution in [0.5, 0.6) is 0 Å². The molecule has 10 heteroatoms. The standard InChI is InChI=1S/C23H25N3O5S2/c24-32(28,29)21-13-11-20(12-14-21)17-25-23(27)18-26(16-15-19-7-3-1-4-8-19)33(30,31)22-9-5-2-6-10-22/h1-14H,15-18H2,(H,25,27)(H2,24,28,29). The Morgan fingerprint density at radius 1 is 0.758 bits per heavy atom. The Bertz CT molecular complexity index is 1280. The number of benzene rings is 3. The first kappa shape index (κ1) is 24.6. The summed E-state index contributed by atoms with van der Waals surface area (Å²) in [5.41, 5.74) is 1.61. The lowest BCUT2D eigenvalue weighted by atomic mass is 10.1. The van der Waals surface area contributed by atoms with Gasteiger partial charge in [0.05, 0.1) is 16.3 Å². The summed E-state index contributed by atoms with van der Waals surface area (Å²) in [6, 6.07) is 23.2. The molecule has 3 N–H and O–H groups in total. The molecule has 0 heterocycles. The lowest BCUT2D eigenvalue weighted by Crippen LogP contribution is -2.41. The fraction of sp³-hybridized carbons (Fsp3) is 0.174. The molecule has 3 aromatic rings. The van der Waals surface area contributed by atoms with Gasteiger partial charge in [-0.2, -0.15) is 4.31 Å². The Morgan fingerprint density at radius 2 is 1.33 bits per heavy atom. The van der Waals surface area contributed by atoms with Gasteiger partial charge in [-0.3, -0.25) is 4.79 Å². The minimum absolute atomic E-state index is 0.0291. The maximum atomic E-state index is 13.2. The van der Waals surface area contributed by atoms with Crippen molar-refractivity contribution < 1.29 is 21.6 Å². The number of sulfonamides is 2. The topological polar surface area (TPSA) is 127 Å². The van der Waals surface area contributed by atoms with Crippen LogP contribution in [0.2, 0.25) is 0 Å². The summed E-state index contributed by atoms with van der Waals surface area (Å²) in [4.78, 5) is 12.7. The fourth-order valence-corrected chi connectivity index (χ4v) is 5.07. The maximum Gasteiger partial charge on any atom is 0.243 e. The van der Waals surface area contributed by atoms with E-state index in [4.69, 9.17) is 5.14 Å². The number of rotatable bonds is 10. The van der Waals surface area contributed by atoms with E-state index < -0.39 is 26.0 Å². The van der Waals surface area contributed by atoms with Crippen molar-refractivity contribution in [2.45, 2.75) is 22.8 Å². The summed E-state index contributed by atoms with van der Waals surface area (Å²) < 4.78 is 50.2. The lowest BCUT2D eigenvalue weighted by molar-refractivity contribution is -0.121. The first-order chi connectivity index (χ1) is 15.7. The summed E-state index contributed by atoms with van der Waals surface area (Å²) in [5.74, 6) is -0.474. The monoisotopic (exact) mass is 487 g/mol. The summed E-state index contributed by atoms with van der Waals surface area (Å²) in [5, 5.41) is 7.77. The van der Waals surface area contributed by atoms with Crippen LogP contribution in [-0.2, 0) is 37.8 Å². The number of nitrogens with zero attached hydrogens (tertiary/aromatic N) is 1. The van der Waals surface area contributed by atoms with Crippen LogP contribution in [0.4, 0.5) is 0 Å². The molecule has 0 fully saturated rings. The van der Waals surface area contributed by atoms with Crippen molar-refractivity contribution in [1.29, 1.82) is 0 Å². The Labute approximate surface area is 194 Å². The van der Waals surface area contributed by atoms with Crippen LogP contribution in [0.15, 0.2) is 94.7 Å². The molecule has 0 atom stereocenters. The summed E-state index contributed by atoms with van der Waals surface area (Å²) in [6.45, 7) is -0.0985. The predicted molar refractivity (Wildman–Crippen MR) is 125 cm³/mol. The van der Waals surface area contributed by atoms with Crippen LogP contribution >= 0.6 is 0 Å². The molecule has 0 aromatic heterocycles. The zero-order valence-electron chi connectivity index (χ0n) is 17.8. The van der Waals surface area contributed by atoms with Crippen LogP contribution in [0.3, 0.4) is 0 Å². The second-order valence-electron chi connectivity index (χ2n) is 7.35. The zero-order chi connectivity index (χ0) is 23.9. The molecular formula is C23H25N3O5S2. The van der Waals surface area contributed by atoms with Gasteiger partial charge >= 0.3 is 0 Å². The highest BCUT2D eigenvalue weighted by molar-refractivity contribution is 7.89. The molecule has 0 saturated heterocycles. The third-order valence-corrected chi connectivity index (χ3v) is 7.72. The van der Waals surface area contributed by atoms with Crippen molar-refractivity contribution in [3.63, 3.8) is 0 Å². The van der Waals surface area contributed by atoms with Gasteiger partial charge in [-0.1, -0.05) is 60.7 Å². The van der Waals surface area contributed by atoms with E-state index in [1.165, 1.54) is 36.4 Å². The van der Waals surface area contributed by atoms with Crippen molar-refractivity contribution in [1.82, 2.24) is 9.62 Å². The average molecular weight is 488 g/mol. The molecule has 0 spiro atoms. The third kappa shape index (κ3) is 6.96. The van der Waals surface area contributed by atoms with Crippen molar-refractivity contribution in [2.75, 3.05) is 13.1 Å². The molecule has 3 rings (SSSR count). The van der Waals surface area contributed by atoms with E-state index in [9.17, 15) is 21.6 Å². The largest absolute Gasteiger partial charge is 0.351 e. The molecular weight excluding hydrogens is 462 g/mol. The first-order valence-corrected chi connectivity index (χ1v) is 13.1. The molecule has 0 radical (unpaired) electrons. The fourth-order valence-electron chi connectivity index (χ4n) is 3.14. The van der Waals surface area contributed by atoms with E-state index in [0.717, 1.165) is 9.87 Å². The van der Waals surface area contributed by atoms with Gasteiger partial charge in [0.25, 0.3) is 0 Å². The number of hydrogen-bond acceptors (Lipinski definition) is 5. The van der Waals surface area contributed by atoms with E-state index in [2.05, 4.69) is 5.32 Å². The highest BCUT2D eigenvalue weighted by atomic mass is 32.2. The molecule has 1 amide bonds. The second-order valence-corrected chi connectivity index (χ2v) is 10.9. The quantitative estimate of drug-likeness (QED) is 0.452. The van der Waals surface area contributed by atoms with Crippen molar-refractivity contribution in [3.05, 3.63) is 96.1 Å². The maximum absolute atomic E-state index is 13.2. The minimum Gasteiger partial charge on any atom is -0.351 e. The first-order valence-electron chi connectivity index (χ1n) is 10.1. The molecule has 0 aliphatic rings. The zero-order valence-corrected chi connectivity index (χ0v) is 19.4. The Kier molecular flexibility index (Phi) is 7.98. The number of amides is 1. The molecule has 0 unspecified atom stereocenters. The number of hydrogen-bond donors (Lipinski definition) is 2. The highest BCUT2D eigenvalue weighted by Gasteiger charge is 2.26. The summed E-state index contributed by atoms with van der Waals surface area (Å²) in [7, 11) is -7.68. The van der Waals surface area contributed by atoms with Gasteiger partial charge in [0, 0.05) is 13.1 Å². The molecule has 0 bridgehead atoms. The van der Waals surface area contributed by atoms with Crippen LogP contribution in [0.25, 0.3) is 0 Å². The highest BCUT2D eigenvalue weighted by Crippen LogP contribution is 2.16. The van der Waals surface area contributed by atoms with Crippen LogP contribution in [0, 0.1) is 0 Å². The van der Waals surface area contributed by atoms with E-state index in [-0.39, 0.29) is 29.4 Å². The SMILES string of the molecule is NS(=O)(=O)c1ccc(CNC(=O)CN(CCc2ccccc2)S(=O)(=O)c2ccccc2)cc1. The second kappa shape index (κ2) is 10.7. The Balaban J connectivity index is 1.70. The van der Waals surface area contributed by atoms with E-state index in [0.29, 0.717) is 12.0 Å². The normalized spacial score (nSPS) is 11.9. The molecule has 0 aliphatic heterocycles.